The van der Waals surface area contributed by atoms with Gasteiger partial charge in [-0.15, -0.1) is 0 Å². The Bertz CT molecular complexity index is 150. The molecule has 2 aliphatic carbocycles. The first-order chi connectivity index (χ1) is 2.93. The van der Waals surface area contributed by atoms with Crippen LogP contribution in [0.15, 0.2) is 4.99 Å². The van der Waals surface area contributed by atoms with Crippen LogP contribution in [-0.2, 0) is 0 Å². The van der Waals surface area contributed by atoms with Gasteiger partial charge in [-0.1, -0.05) is 0 Å². The largest absolute Gasteiger partial charge is 0.289 e. The lowest BCUT2D eigenvalue weighted by Gasteiger charge is -2.08. The molecular weight excluding hydrogens is 74.1 g/mol. The summed E-state index contributed by atoms with van der Waals surface area (Å²) in [7, 11) is 0. The third kappa shape index (κ3) is 0.0509. The van der Waals surface area contributed by atoms with Gasteiger partial charge in [0.2, 0.25) is 0 Å². The molecule has 0 N–H and O–H groups in total. The van der Waals surface area contributed by atoms with Gasteiger partial charge in [0.05, 0.1) is 5.54 Å². The van der Waals surface area contributed by atoms with Crippen molar-refractivity contribution in [1.82, 2.24) is 0 Å². The monoisotopic (exact) mass is 79.0 g/mol. The molecule has 0 bridgehead atoms. The number of hydrogen-bond acceptors (Lipinski definition) is 1. The average molecular weight is 79.1 g/mol. The molecule has 1 spiro atoms. The Kier molecular flexibility index (Phi) is 0.102. The molecule has 1 heteroatoms. The highest BCUT2D eigenvalue weighted by Crippen LogP contribution is 2.78. The Morgan fingerprint density at radius 1 is 1.83 bits per heavy atom. The highest BCUT2D eigenvalue weighted by atomic mass is 15.2. The first kappa shape index (κ1) is 2.10. The molecule has 0 aromatic heterocycles. The van der Waals surface area contributed by atoms with E-state index in [2.05, 4.69) is 11.2 Å². The molecule has 0 amide bonds. The number of aliphatic imine (C=N–C) groups is 1. The molecule has 2 fully saturated rings. The lowest BCUT2D eigenvalue weighted by molar-refractivity contribution is 0.665. The minimum Gasteiger partial charge on any atom is -0.289 e. The summed E-state index contributed by atoms with van der Waals surface area (Å²) in [5.74, 6) is 2.04. The van der Waals surface area contributed by atoms with Gasteiger partial charge in [0.25, 0.3) is 0 Å². The zero-order valence-corrected chi connectivity index (χ0v) is 3.39. The Morgan fingerprint density at radius 3 is 2.67 bits per heavy atom. The van der Waals surface area contributed by atoms with E-state index in [1.54, 1.807) is 0 Å². The molecule has 0 aromatic carbocycles. The summed E-state index contributed by atoms with van der Waals surface area (Å²) in [6.07, 6.45) is 3.53. The van der Waals surface area contributed by atoms with E-state index in [-0.39, 0.29) is 0 Å². The van der Waals surface area contributed by atoms with Gasteiger partial charge in [0.1, 0.15) is 0 Å². The van der Waals surface area contributed by atoms with Crippen LogP contribution in [0.2, 0.25) is 0 Å². The number of rotatable bonds is 0. The predicted octanol–water partition coefficient (Wildman–Crippen LogP) is 0.459. The van der Waals surface area contributed by atoms with Gasteiger partial charge >= 0.3 is 0 Å². The SMILES string of the molecule is C1=NC23CC2C13. The van der Waals surface area contributed by atoms with Gasteiger partial charge in [-0.2, -0.15) is 0 Å². The Morgan fingerprint density at radius 2 is 2.67 bits per heavy atom. The summed E-state index contributed by atoms with van der Waals surface area (Å²) in [5, 5.41) is 0. The van der Waals surface area contributed by atoms with Crippen molar-refractivity contribution in [3.63, 3.8) is 0 Å². The van der Waals surface area contributed by atoms with E-state index in [1.165, 1.54) is 6.42 Å². The zero-order chi connectivity index (χ0) is 3.78. The van der Waals surface area contributed by atoms with Crippen LogP contribution in [0.1, 0.15) is 6.42 Å². The third-order valence-electron chi connectivity index (χ3n) is 2.41. The van der Waals surface area contributed by atoms with E-state index in [0.29, 0.717) is 5.54 Å². The molecule has 3 unspecified atom stereocenters. The van der Waals surface area contributed by atoms with Crippen molar-refractivity contribution in [3.05, 3.63) is 0 Å². The van der Waals surface area contributed by atoms with Crippen molar-refractivity contribution < 1.29 is 0 Å². The van der Waals surface area contributed by atoms with Crippen molar-refractivity contribution in [2.75, 3.05) is 0 Å². The maximum atomic E-state index is 4.22. The Balaban J connectivity index is 2.39. The van der Waals surface area contributed by atoms with Crippen molar-refractivity contribution in [2.24, 2.45) is 16.8 Å². The molecule has 3 atom stereocenters. The Hall–Kier alpha value is -0.330. The average Bonchev–Trinajstić information content (AvgIpc) is 2.22. The molecule has 3 aliphatic rings. The molecule has 30 valence electrons. The van der Waals surface area contributed by atoms with E-state index in [1.807, 2.05) is 0 Å². The molecule has 0 radical (unpaired) electrons. The minimum atomic E-state index is 0.625. The van der Waals surface area contributed by atoms with Gasteiger partial charge in [-0.3, -0.25) is 4.99 Å². The van der Waals surface area contributed by atoms with E-state index in [4.69, 9.17) is 0 Å². The Labute approximate surface area is 36.1 Å². The number of hydrogen-bond donors (Lipinski definition) is 0. The molecule has 1 heterocycles. The molecule has 3 rings (SSSR count). The topological polar surface area (TPSA) is 12.4 Å². The summed E-state index contributed by atoms with van der Waals surface area (Å²) in [6, 6.07) is 0. The van der Waals surface area contributed by atoms with Crippen LogP contribution < -0.4 is 0 Å². The molecule has 0 aromatic rings. The summed E-state index contributed by atoms with van der Waals surface area (Å²) in [4.78, 5) is 4.22. The minimum absolute atomic E-state index is 0.625. The molecule has 2 saturated carbocycles. The van der Waals surface area contributed by atoms with Crippen LogP contribution in [-0.4, -0.2) is 11.8 Å². The fraction of sp³-hybridized carbons (Fsp3) is 0.800. The van der Waals surface area contributed by atoms with Crippen molar-refractivity contribution in [3.8, 4) is 0 Å². The van der Waals surface area contributed by atoms with Crippen LogP contribution in [0.25, 0.3) is 0 Å². The lowest BCUT2D eigenvalue weighted by atomic mass is 10.1. The second-order valence-corrected chi connectivity index (χ2v) is 2.61. The van der Waals surface area contributed by atoms with Crippen LogP contribution in [0.5, 0.6) is 0 Å². The second kappa shape index (κ2) is 0.292. The summed E-state index contributed by atoms with van der Waals surface area (Å²) < 4.78 is 0. The molecule has 6 heavy (non-hydrogen) atoms. The fourth-order valence-corrected chi connectivity index (χ4v) is 1.54. The van der Waals surface area contributed by atoms with E-state index < -0.39 is 0 Å². The number of nitrogens with zero attached hydrogens (tertiary/aromatic N) is 1. The maximum absolute atomic E-state index is 4.22. The second-order valence-electron chi connectivity index (χ2n) is 2.61. The predicted molar refractivity (Wildman–Crippen MR) is 22.8 cm³/mol. The lowest BCUT2D eigenvalue weighted by Crippen LogP contribution is -2.12. The van der Waals surface area contributed by atoms with Crippen LogP contribution in [0.4, 0.5) is 0 Å². The van der Waals surface area contributed by atoms with Crippen LogP contribution in [0.3, 0.4) is 0 Å². The summed E-state index contributed by atoms with van der Waals surface area (Å²) >= 11 is 0. The highest BCUT2D eigenvalue weighted by molar-refractivity contribution is 5.83. The van der Waals surface area contributed by atoms with Gasteiger partial charge in [-0.05, 0) is 12.3 Å². The third-order valence-corrected chi connectivity index (χ3v) is 2.41. The summed E-state index contributed by atoms with van der Waals surface area (Å²) in [5.41, 5.74) is 0.625. The maximum Gasteiger partial charge on any atom is 0.0724 e. The quantitative estimate of drug-likeness (QED) is 0.400. The smallest absolute Gasteiger partial charge is 0.0724 e. The fourth-order valence-electron chi connectivity index (χ4n) is 1.54. The first-order valence-electron chi connectivity index (χ1n) is 2.49. The molecule has 1 nitrogen and oxygen atoms in total. The van der Waals surface area contributed by atoms with Crippen molar-refractivity contribution in [2.45, 2.75) is 12.0 Å². The molecule has 1 aliphatic heterocycles. The highest BCUT2D eigenvalue weighted by Gasteiger charge is 2.82. The van der Waals surface area contributed by atoms with Gasteiger partial charge in [0, 0.05) is 12.1 Å². The van der Waals surface area contributed by atoms with E-state index in [9.17, 15) is 0 Å². The first-order valence-corrected chi connectivity index (χ1v) is 2.49. The van der Waals surface area contributed by atoms with Crippen LogP contribution >= 0.6 is 0 Å². The van der Waals surface area contributed by atoms with E-state index >= 15 is 0 Å². The van der Waals surface area contributed by atoms with E-state index in [0.717, 1.165) is 11.8 Å². The zero-order valence-electron chi connectivity index (χ0n) is 3.39. The standard InChI is InChI=1S/C5H5N/c1-3-4-2-6-5(1,3)4/h2-4H,1H2. The molecule has 0 saturated heterocycles. The molecular formula is C5H5N. The van der Waals surface area contributed by atoms with Crippen molar-refractivity contribution >= 4 is 6.21 Å². The van der Waals surface area contributed by atoms with Gasteiger partial charge < -0.3 is 0 Å². The normalized spacial score (nSPS) is 77.3. The van der Waals surface area contributed by atoms with Gasteiger partial charge in [-0.25, -0.2) is 0 Å². The van der Waals surface area contributed by atoms with Crippen LogP contribution in [0, 0.1) is 11.8 Å². The van der Waals surface area contributed by atoms with Crippen molar-refractivity contribution in [1.29, 1.82) is 0 Å². The summed E-state index contributed by atoms with van der Waals surface area (Å²) in [6.45, 7) is 0. The van der Waals surface area contributed by atoms with Gasteiger partial charge in [0.15, 0.2) is 0 Å². The number of fused-ring (bicyclic) bond motifs is 1.